The number of nitrogens with two attached hydrogens (primary N) is 1. The van der Waals surface area contributed by atoms with Crippen LogP contribution in [0, 0.1) is 6.92 Å². The van der Waals surface area contributed by atoms with E-state index >= 15 is 0 Å². The van der Waals surface area contributed by atoms with E-state index in [1.54, 1.807) is 11.9 Å². The van der Waals surface area contributed by atoms with Crippen LogP contribution in [0.4, 0.5) is 0 Å². The van der Waals surface area contributed by atoms with Crippen molar-refractivity contribution in [3.8, 4) is 0 Å². The average molecular weight is 211 g/mol. The maximum Gasteiger partial charge on any atom is 0.224 e. The summed E-state index contributed by atoms with van der Waals surface area (Å²) in [6.07, 6.45) is 0.347. The third-order valence-corrected chi connectivity index (χ3v) is 1.94. The van der Waals surface area contributed by atoms with Gasteiger partial charge in [-0.2, -0.15) is 5.10 Å². The summed E-state index contributed by atoms with van der Waals surface area (Å²) in [7, 11) is 1.72. The molecule has 1 heterocycles. The van der Waals surface area contributed by atoms with E-state index in [0.717, 1.165) is 5.82 Å². The Morgan fingerprint density at radius 1 is 1.67 bits per heavy atom. The SMILES string of the molecule is Cc1nc(CN(C)C(=O)CC(C)N)n[nH]1. The quantitative estimate of drug-likeness (QED) is 0.722. The van der Waals surface area contributed by atoms with Crippen LogP contribution in [0.1, 0.15) is 25.0 Å². The molecule has 0 radical (unpaired) electrons. The maximum absolute atomic E-state index is 11.5. The van der Waals surface area contributed by atoms with Crippen LogP contribution in [-0.4, -0.2) is 39.1 Å². The number of aromatic nitrogens is 3. The Morgan fingerprint density at radius 2 is 2.33 bits per heavy atom. The van der Waals surface area contributed by atoms with Crippen molar-refractivity contribution in [3.05, 3.63) is 11.6 Å². The molecule has 0 saturated carbocycles. The van der Waals surface area contributed by atoms with E-state index in [1.165, 1.54) is 0 Å². The molecule has 0 aliphatic carbocycles. The second-order valence-corrected chi connectivity index (χ2v) is 3.77. The lowest BCUT2D eigenvalue weighted by molar-refractivity contribution is -0.130. The topological polar surface area (TPSA) is 87.9 Å². The number of hydrogen-bond donors (Lipinski definition) is 2. The van der Waals surface area contributed by atoms with Gasteiger partial charge in [-0.05, 0) is 13.8 Å². The van der Waals surface area contributed by atoms with E-state index < -0.39 is 0 Å². The monoisotopic (exact) mass is 211 g/mol. The standard InChI is InChI=1S/C9H17N5O/c1-6(10)4-9(15)14(3)5-8-11-7(2)12-13-8/h6H,4-5,10H2,1-3H3,(H,11,12,13). The Labute approximate surface area is 88.9 Å². The van der Waals surface area contributed by atoms with Gasteiger partial charge in [-0.1, -0.05) is 0 Å². The van der Waals surface area contributed by atoms with Gasteiger partial charge in [-0.3, -0.25) is 9.89 Å². The molecule has 1 amide bonds. The Hall–Kier alpha value is -1.43. The van der Waals surface area contributed by atoms with E-state index in [9.17, 15) is 4.79 Å². The van der Waals surface area contributed by atoms with Crippen molar-refractivity contribution in [2.45, 2.75) is 32.9 Å². The highest BCUT2D eigenvalue weighted by molar-refractivity contribution is 5.76. The number of nitrogens with zero attached hydrogens (tertiary/aromatic N) is 3. The minimum Gasteiger partial charge on any atom is -0.338 e. The van der Waals surface area contributed by atoms with E-state index in [-0.39, 0.29) is 11.9 Å². The molecular formula is C9H17N5O. The minimum absolute atomic E-state index is 0.00690. The van der Waals surface area contributed by atoms with Gasteiger partial charge in [0.2, 0.25) is 5.91 Å². The molecule has 6 heteroatoms. The van der Waals surface area contributed by atoms with Crippen molar-refractivity contribution in [2.75, 3.05) is 7.05 Å². The lowest BCUT2D eigenvalue weighted by Gasteiger charge is -2.16. The van der Waals surface area contributed by atoms with Crippen LogP contribution in [0.2, 0.25) is 0 Å². The third kappa shape index (κ3) is 3.67. The van der Waals surface area contributed by atoms with Crippen molar-refractivity contribution in [3.63, 3.8) is 0 Å². The highest BCUT2D eigenvalue weighted by Gasteiger charge is 2.12. The van der Waals surface area contributed by atoms with Gasteiger partial charge in [0.15, 0.2) is 5.82 Å². The molecule has 6 nitrogen and oxygen atoms in total. The highest BCUT2D eigenvalue weighted by atomic mass is 16.2. The van der Waals surface area contributed by atoms with Crippen LogP contribution in [-0.2, 0) is 11.3 Å². The van der Waals surface area contributed by atoms with Gasteiger partial charge in [0.1, 0.15) is 5.82 Å². The fourth-order valence-electron chi connectivity index (χ4n) is 1.19. The smallest absolute Gasteiger partial charge is 0.224 e. The second kappa shape index (κ2) is 4.88. The molecule has 0 aromatic carbocycles. The van der Waals surface area contributed by atoms with Gasteiger partial charge in [0.25, 0.3) is 0 Å². The zero-order valence-electron chi connectivity index (χ0n) is 9.32. The van der Waals surface area contributed by atoms with Gasteiger partial charge in [0.05, 0.1) is 6.54 Å². The summed E-state index contributed by atoms with van der Waals surface area (Å²) in [6.45, 7) is 4.04. The molecule has 1 aromatic rings. The van der Waals surface area contributed by atoms with Gasteiger partial charge in [-0.25, -0.2) is 4.98 Å². The molecule has 0 saturated heterocycles. The number of carbonyl (C=O) groups excluding carboxylic acids is 1. The lowest BCUT2D eigenvalue weighted by Crippen LogP contribution is -2.31. The highest BCUT2D eigenvalue weighted by Crippen LogP contribution is 2.00. The number of aryl methyl sites for hydroxylation is 1. The Bertz CT molecular complexity index is 333. The molecule has 0 bridgehead atoms. The summed E-state index contributed by atoms with van der Waals surface area (Å²) in [5.74, 6) is 1.37. The van der Waals surface area contributed by atoms with E-state index in [4.69, 9.17) is 5.73 Å². The fourth-order valence-corrected chi connectivity index (χ4v) is 1.19. The predicted octanol–water partition coefficient (Wildman–Crippen LogP) is -0.191. The second-order valence-electron chi connectivity index (χ2n) is 3.77. The van der Waals surface area contributed by atoms with Crippen molar-refractivity contribution in [1.82, 2.24) is 20.1 Å². The summed E-state index contributed by atoms with van der Waals surface area (Å²) < 4.78 is 0. The van der Waals surface area contributed by atoms with Crippen LogP contribution in [0.25, 0.3) is 0 Å². The summed E-state index contributed by atoms with van der Waals surface area (Å²) >= 11 is 0. The van der Waals surface area contributed by atoms with E-state index in [2.05, 4.69) is 15.2 Å². The first-order valence-electron chi connectivity index (χ1n) is 4.86. The van der Waals surface area contributed by atoms with Crippen LogP contribution in [0.15, 0.2) is 0 Å². The maximum atomic E-state index is 11.5. The number of aromatic amines is 1. The molecule has 0 fully saturated rings. The van der Waals surface area contributed by atoms with Crippen molar-refractivity contribution >= 4 is 5.91 Å². The molecule has 0 spiro atoms. The minimum atomic E-state index is -0.117. The van der Waals surface area contributed by atoms with Crippen LogP contribution < -0.4 is 5.73 Å². The van der Waals surface area contributed by atoms with Crippen LogP contribution >= 0.6 is 0 Å². The van der Waals surface area contributed by atoms with Crippen molar-refractivity contribution in [2.24, 2.45) is 5.73 Å². The third-order valence-electron chi connectivity index (χ3n) is 1.94. The Kier molecular flexibility index (Phi) is 3.79. The summed E-state index contributed by atoms with van der Waals surface area (Å²) in [6, 6.07) is -0.117. The Balaban J connectivity index is 2.48. The molecule has 1 unspecified atom stereocenters. The van der Waals surface area contributed by atoms with E-state index in [1.807, 2.05) is 13.8 Å². The number of amides is 1. The lowest BCUT2D eigenvalue weighted by atomic mass is 10.2. The first kappa shape index (κ1) is 11.6. The van der Waals surface area contributed by atoms with E-state index in [0.29, 0.717) is 18.8 Å². The number of H-pyrrole nitrogens is 1. The normalized spacial score (nSPS) is 12.5. The fraction of sp³-hybridized carbons (Fsp3) is 0.667. The first-order chi connectivity index (χ1) is 6.99. The molecule has 3 N–H and O–H groups in total. The molecule has 15 heavy (non-hydrogen) atoms. The molecule has 1 rings (SSSR count). The number of carbonyl (C=O) groups is 1. The van der Waals surface area contributed by atoms with Gasteiger partial charge < -0.3 is 10.6 Å². The number of nitrogens with one attached hydrogen (secondary N) is 1. The van der Waals surface area contributed by atoms with Crippen molar-refractivity contribution in [1.29, 1.82) is 0 Å². The average Bonchev–Trinajstić information content (AvgIpc) is 2.50. The largest absolute Gasteiger partial charge is 0.338 e. The number of hydrogen-bond acceptors (Lipinski definition) is 4. The molecule has 1 aromatic heterocycles. The van der Waals surface area contributed by atoms with Crippen LogP contribution in [0.5, 0.6) is 0 Å². The summed E-state index contributed by atoms with van der Waals surface area (Å²) in [5, 5.41) is 6.69. The molecule has 0 aliphatic heterocycles. The predicted molar refractivity (Wildman–Crippen MR) is 55.9 cm³/mol. The molecule has 1 atom stereocenters. The zero-order valence-corrected chi connectivity index (χ0v) is 9.32. The van der Waals surface area contributed by atoms with Crippen LogP contribution in [0.3, 0.4) is 0 Å². The molecule has 84 valence electrons. The molecule has 0 aliphatic rings. The molecular weight excluding hydrogens is 194 g/mol. The van der Waals surface area contributed by atoms with Crippen molar-refractivity contribution < 1.29 is 4.79 Å². The summed E-state index contributed by atoms with van der Waals surface area (Å²) in [4.78, 5) is 17.2. The van der Waals surface area contributed by atoms with Gasteiger partial charge in [0, 0.05) is 19.5 Å². The number of rotatable bonds is 4. The first-order valence-corrected chi connectivity index (χ1v) is 4.86. The summed E-state index contributed by atoms with van der Waals surface area (Å²) in [5.41, 5.74) is 5.54. The van der Waals surface area contributed by atoms with Gasteiger partial charge in [-0.15, -0.1) is 0 Å². The zero-order chi connectivity index (χ0) is 11.4. The Morgan fingerprint density at radius 3 is 2.80 bits per heavy atom. The van der Waals surface area contributed by atoms with Gasteiger partial charge >= 0.3 is 0 Å².